The van der Waals surface area contributed by atoms with Crippen LogP contribution in [0, 0.1) is 11.3 Å². The second-order valence-corrected chi connectivity index (χ2v) is 8.35. The maximum Gasteiger partial charge on any atom is 0.223 e. The molecule has 2 atom stereocenters. The molecular formula is C22H35N3O. The number of hydrogen-bond donors (Lipinski definition) is 3. The van der Waals surface area contributed by atoms with Crippen molar-refractivity contribution in [3.05, 3.63) is 35.9 Å². The number of carbonyl (C=O) groups is 1. The first-order valence-corrected chi connectivity index (χ1v) is 10.4. The lowest BCUT2D eigenvalue weighted by molar-refractivity contribution is -0.123. The Bertz CT molecular complexity index is 591. The quantitative estimate of drug-likeness (QED) is 0.668. The zero-order valence-corrected chi connectivity index (χ0v) is 16.6. The number of piperidine rings is 1. The van der Waals surface area contributed by atoms with Gasteiger partial charge in [0.05, 0.1) is 0 Å². The highest BCUT2D eigenvalue weighted by atomic mass is 16.2. The van der Waals surface area contributed by atoms with Crippen molar-refractivity contribution < 1.29 is 4.79 Å². The summed E-state index contributed by atoms with van der Waals surface area (Å²) in [5, 5.41) is 10.5. The molecule has 4 nitrogen and oxygen atoms in total. The lowest BCUT2D eigenvalue weighted by Gasteiger charge is -2.36. The summed E-state index contributed by atoms with van der Waals surface area (Å²) in [5.74, 6) is 0.509. The fourth-order valence-electron chi connectivity index (χ4n) is 4.61. The molecule has 2 aliphatic rings. The van der Waals surface area contributed by atoms with Crippen molar-refractivity contribution in [2.24, 2.45) is 11.3 Å². The Hall–Kier alpha value is -1.39. The Balaban J connectivity index is 1.57. The number of amides is 1. The fraction of sp³-hybridized carbons (Fsp3) is 0.682. The van der Waals surface area contributed by atoms with Crippen LogP contribution in [-0.4, -0.2) is 31.1 Å². The normalized spacial score (nSPS) is 22.8. The SMILES string of the molecule is CCC(CC)(CNC(=O)C1CC12CCNCC2)NC(C)c1ccccc1. The molecule has 1 aromatic rings. The van der Waals surface area contributed by atoms with Gasteiger partial charge in [0.1, 0.15) is 0 Å². The van der Waals surface area contributed by atoms with E-state index in [0.717, 1.165) is 45.2 Å². The zero-order chi connectivity index (χ0) is 18.6. The third-order valence-corrected chi connectivity index (χ3v) is 6.88. The highest BCUT2D eigenvalue weighted by Crippen LogP contribution is 2.58. The predicted octanol–water partition coefficient (Wildman–Crippen LogP) is 3.40. The minimum atomic E-state index is -0.0545. The van der Waals surface area contributed by atoms with Gasteiger partial charge >= 0.3 is 0 Å². The average molecular weight is 358 g/mol. The lowest BCUT2D eigenvalue weighted by atomic mass is 9.89. The topological polar surface area (TPSA) is 53.2 Å². The van der Waals surface area contributed by atoms with E-state index in [2.05, 4.69) is 67.1 Å². The molecule has 1 aliphatic carbocycles. The highest BCUT2D eigenvalue weighted by Gasteiger charge is 2.57. The van der Waals surface area contributed by atoms with Crippen LogP contribution in [0.5, 0.6) is 0 Å². The predicted molar refractivity (Wildman–Crippen MR) is 107 cm³/mol. The van der Waals surface area contributed by atoms with Crippen LogP contribution in [-0.2, 0) is 4.79 Å². The minimum Gasteiger partial charge on any atom is -0.354 e. The molecule has 1 saturated carbocycles. The summed E-state index contributed by atoms with van der Waals surface area (Å²) in [4.78, 5) is 12.8. The van der Waals surface area contributed by atoms with Gasteiger partial charge in [0.25, 0.3) is 0 Å². The Morgan fingerprint density at radius 1 is 1.23 bits per heavy atom. The van der Waals surface area contributed by atoms with Crippen LogP contribution < -0.4 is 16.0 Å². The highest BCUT2D eigenvalue weighted by molar-refractivity contribution is 5.82. The Kier molecular flexibility index (Phi) is 6.03. The largest absolute Gasteiger partial charge is 0.354 e. The molecule has 3 rings (SSSR count). The summed E-state index contributed by atoms with van der Waals surface area (Å²) in [5.41, 5.74) is 1.54. The van der Waals surface area contributed by atoms with Gasteiger partial charge in [0.2, 0.25) is 5.91 Å². The van der Waals surface area contributed by atoms with Crippen LogP contribution in [0.3, 0.4) is 0 Å². The maximum atomic E-state index is 12.8. The zero-order valence-electron chi connectivity index (χ0n) is 16.6. The van der Waals surface area contributed by atoms with Gasteiger partial charge in [-0.25, -0.2) is 0 Å². The number of hydrogen-bond acceptors (Lipinski definition) is 3. The van der Waals surface area contributed by atoms with Crippen LogP contribution >= 0.6 is 0 Å². The summed E-state index contributed by atoms with van der Waals surface area (Å²) in [6.07, 6.45) is 5.39. The van der Waals surface area contributed by atoms with E-state index in [1.165, 1.54) is 5.56 Å². The van der Waals surface area contributed by atoms with Gasteiger partial charge in [-0.15, -0.1) is 0 Å². The van der Waals surface area contributed by atoms with Crippen molar-refractivity contribution in [1.82, 2.24) is 16.0 Å². The molecule has 1 spiro atoms. The number of rotatable bonds is 8. The van der Waals surface area contributed by atoms with E-state index in [1.807, 2.05) is 0 Å². The van der Waals surface area contributed by atoms with Crippen molar-refractivity contribution in [1.29, 1.82) is 0 Å². The molecule has 3 N–H and O–H groups in total. The second-order valence-electron chi connectivity index (χ2n) is 8.35. The molecule has 1 aromatic carbocycles. The second kappa shape index (κ2) is 8.10. The van der Waals surface area contributed by atoms with Gasteiger partial charge in [-0.1, -0.05) is 44.2 Å². The molecular weight excluding hydrogens is 322 g/mol. The molecule has 144 valence electrons. The summed E-state index contributed by atoms with van der Waals surface area (Å²) < 4.78 is 0. The van der Waals surface area contributed by atoms with Crippen LogP contribution in [0.15, 0.2) is 30.3 Å². The molecule has 1 saturated heterocycles. The van der Waals surface area contributed by atoms with E-state index < -0.39 is 0 Å². The fourth-order valence-corrected chi connectivity index (χ4v) is 4.61. The van der Waals surface area contributed by atoms with E-state index in [9.17, 15) is 4.79 Å². The molecule has 0 aromatic heterocycles. The Labute approximate surface area is 158 Å². The van der Waals surface area contributed by atoms with Crippen LogP contribution in [0.1, 0.15) is 64.5 Å². The average Bonchev–Trinajstić information content (AvgIpc) is 3.39. The van der Waals surface area contributed by atoms with Crippen molar-refractivity contribution in [2.75, 3.05) is 19.6 Å². The third-order valence-electron chi connectivity index (χ3n) is 6.88. The molecule has 26 heavy (non-hydrogen) atoms. The summed E-state index contributed by atoms with van der Waals surface area (Å²) in [6, 6.07) is 10.8. The van der Waals surface area contributed by atoms with Crippen LogP contribution in [0.25, 0.3) is 0 Å². The monoisotopic (exact) mass is 357 g/mol. The molecule has 4 heteroatoms. The van der Waals surface area contributed by atoms with Gasteiger partial charge in [0, 0.05) is 24.0 Å². The van der Waals surface area contributed by atoms with E-state index in [4.69, 9.17) is 0 Å². The van der Waals surface area contributed by atoms with Gasteiger partial charge in [-0.05, 0) is 63.1 Å². The third kappa shape index (κ3) is 4.12. The first-order chi connectivity index (χ1) is 12.5. The number of nitrogens with one attached hydrogen (secondary N) is 3. The van der Waals surface area contributed by atoms with E-state index in [-0.39, 0.29) is 23.4 Å². The molecule has 1 heterocycles. The first-order valence-electron chi connectivity index (χ1n) is 10.4. The Morgan fingerprint density at radius 2 is 1.88 bits per heavy atom. The van der Waals surface area contributed by atoms with Crippen molar-refractivity contribution in [3.63, 3.8) is 0 Å². The molecule has 0 bridgehead atoms. The standard InChI is InChI=1S/C22H35N3O/c1-4-22(5-2,25-17(3)18-9-7-6-8-10-18)16-24-20(26)19-15-21(19)11-13-23-14-12-21/h6-10,17,19,23,25H,4-5,11-16H2,1-3H3,(H,24,26). The van der Waals surface area contributed by atoms with Crippen LogP contribution in [0.4, 0.5) is 0 Å². The molecule has 1 aliphatic heterocycles. The smallest absolute Gasteiger partial charge is 0.223 e. The Morgan fingerprint density at radius 3 is 2.50 bits per heavy atom. The molecule has 2 unspecified atom stereocenters. The van der Waals surface area contributed by atoms with Gasteiger partial charge in [-0.3, -0.25) is 4.79 Å². The van der Waals surface area contributed by atoms with Gasteiger partial charge in [-0.2, -0.15) is 0 Å². The van der Waals surface area contributed by atoms with Crippen molar-refractivity contribution in [2.45, 2.75) is 64.5 Å². The van der Waals surface area contributed by atoms with Crippen molar-refractivity contribution >= 4 is 5.91 Å². The van der Waals surface area contributed by atoms with Gasteiger partial charge in [0.15, 0.2) is 0 Å². The maximum absolute atomic E-state index is 12.8. The first kappa shape index (κ1) is 19.4. The molecule has 2 fully saturated rings. The van der Waals surface area contributed by atoms with E-state index >= 15 is 0 Å². The summed E-state index contributed by atoms with van der Waals surface area (Å²) in [7, 11) is 0. The van der Waals surface area contributed by atoms with E-state index in [1.54, 1.807) is 0 Å². The summed E-state index contributed by atoms with van der Waals surface area (Å²) in [6.45, 7) is 9.47. The summed E-state index contributed by atoms with van der Waals surface area (Å²) >= 11 is 0. The minimum absolute atomic E-state index is 0.0545. The number of benzene rings is 1. The van der Waals surface area contributed by atoms with Crippen molar-refractivity contribution in [3.8, 4) is 0 Å². The van der Waals surface area contributed by atoms with Crippen LogP contribution in [0.2, 0.25) is 0 Å². The van der Waals surface area contributed by atoms with E-state index in [0.29, 0.717) is 12.0 Å². The molecule has 1 amide bonds. The lowest BCUT2D eigenvalue weighted by Crippen LogP contribution is -2.54. The number of carbonyl (C=O) groups excluding carboxylic acids is 1. The molecule has 0 radical (unpaired) electrons. The van der Waals surface area contributed by atoms with Gasteiger partial charge < -0.3 is 16.0 Å².